The molecule has 0 amide bonds. The zero-order valence-corrected chi connectivity index (χ0v) is 35.4. The molecule has 3 aromatic carbocycles. The molecule has 0 spiro atoms. The van der Waals surface area contributed by atoms with Crippen LogP contribution in [0.5, 0.6) is 0 Å². The van der Waals surface area contributed by atoms with Crippen molar-refractivity contribution in [2.45, 2.75) is 125 Å². The Balaban J connectivity index is 0.00000353. The Bertz CT molecular complexity index is 1510. The van der Waals surface area contributed by atoms with Crippen molar-refractivity contribution in [3.05, 3.63) is 109 Å². The van der Waals surface area contributed by atoms with Crippen LogP contribution in [0.25, 0.3) is 0 Å². The van der Waals surface area contributed by atoms with Crippen LogP contribution in [0.3, 0.4) is 0 Å². The summed E-state index contributed by atoms with van der Waals surface area (Å²) in [4.78, 5) is 0. The predicted octanol–water partition coefficient (Wildman–Crippen LogP) is 0.654. The summed E-state index contributed by atoms with van der Waals surface area (Å²) in [7, 11) is -2.78. The second kappa shape index (κ2) is 15.7. The van der Waals surface area contributed by atoms with Gasteiger partial charge in [-0.2, -0.15) is 0 Å². The second-order valence-electron chi connectivity index (χ2n) is 15.6. The molecule has 0 aromatic heterocycles. The quantitative estimate of drug-likeness (QED) is 0.248. The first-order chi connectivity index (χ1) is 19.9. The third kappa shape index (κ3) is 7.56. The Morgan fingerprint density at radius 2 is 1.09 bits per heavy atom. The summed E-state index contributed by atoms with van der Waals surface area (Å²) in [5, 5.41) is 4.48. The number of hydrogen-bond donors (Lipinski definition) is 0. The van der Waals surface area contributed by atoms with Gasteiger partial charge < -0.3 is 37.2 Å². The maximum Gasteiger partial charge on any atom is -1.00 e. The molecule has 46 heavy (non-hydrogen) atoms. The molecule has 0 radical (unpaired) electrons. The van der Waals surface area contributed by atoms with Crippen molar-refractivity contribution in [3.8, 4) is 0 Å². The van der Waals surface area contributed by atoms with Crippen LogP contribution in [0.1, 0.15) is 117 Å². The molecule has 0 nitrogen and oxygen atoms in total. The molecule has 2 unspecified atom stereocenters. The molecule has 0 heterocycles. The molecule has 2 atom stereocenters. The van der Waals surface area contributed by atoms with Gasteiger partial charge in [-0.1, -0.05) is 0 Å². The number of hydrogen-bond acceptors (Lipinski definition) is 0. The monoisotopic (exact) mass is 728 g/mol. The average molecular weight is 730 g/mol. The molecular formula is C41H55Cl3SiTi. The van der Waals surface area contributed by atoms with Crippen molar-refractivity contribution in [2.24, 2.45) is 0 Å². The summed E-state index contributed by atoms with van der Waals surface area (Å²) < 4.78 is 1.54. The van der Waals surface area contributed by atoms with E-state index in [-0.39, 0.29) is 53.1 Å². The van der Waals surface area contributed by atoms with E-state index in [4.69, 9.17) is 0 Å². The standard InChI is InChI=1S/C41H55Si.3ClH.Ti/c1-14-15-16-33-17-19-36(20-18-33)42(37-22-28(2)21-29(3)23-37,41(13)27-30(4)31(5)32(41)6)38-25-34(39(7,8)9)24-35(26-38)40(10,11)12;;;;/h17-26H,14-16H2,1-13H3;3*1H;/q;;;;+3/p-3. The second-order valence-corrected chi connectivity index (χ2v) is 20.6. The number of benzene rings is 3. The zero-order chi connectivity index (χ0) is 32.1. The van der Waals surface area contributed by atoms with Gasteiger partial charge in [0, 0.05) is 0 Å². The predicted molar refractivity (Wildman–Crippen MR) is 189 cm³/mol. The Morgan fingerprint density at radius 1 is 0.630 bits per heavy atom. The molecule has 0 N–H and O–H groups in total. The Kier molecular flexibility index (Phi) is 14.6. The molecule has 4 rings (SSSR count). The van der Waals surface area contributed by atoms with Crippen LogP contribution in [0, 0.1) is 13.8 Å². The minimum Gasteiger partial charge on any atom is -1.00 e. The molecule has 1 aliphatic carbocycles. The molecular weight excluding hydrogens is 675 g/mol. The molecule has 0 aliphatic heterocycles. The normalized spacial score (nSPS) is 18.1. The van der Waals surface area contributed by atoms with Crippen LogP contribution in [0.2, 0.25) is 5.04 Å². The summed E-state index contributed by atoms with van der Waals surface area (Å²) in [5.74, 6) is 0. The third-order valence-corrected chi connectivity index (χ3v) is 17.8. The average Bonchev–Trinajstić information content (AvgIpc) is 3.07. The van der Waals surface area contributed by atoms with Crippen LogP contribution in [-0.2, 0) is 37.7 Å². The number of halogens is 3. The Labute approximate surface area is 313 Å². The largest absolute Gasteiger partial charge is 1.00 e. The summed E-state index contributed by atoms with van der Waals surface area (Å²) in [6, 6.07) is 25.1. The van der Waals surface area contributed by atoms with Crippen LogP contribution in [0.15, 0.2) is 81.3 Å². The first kappa shape index (κ1) is 43.0. The molecule has 5 heteroatoms. The maximum atomic E-state index is 2.62. The maximum absolute atomic E-state index is 2.78. The smallest absolute Gasteiger partial charge is 1.00 e. The van der Waals surface area contributed by atoms with Crippen molar-refractivity contribution in [2.75, 3.05) is 0 Å². The van der Waals surface area contributed by atoms with Crippen molar-refractivity contribution in [3.63, 3.8) is 0 Å². The SMILES string of the molecule is CCCCc1ccc([Si](c2cc(C)cc(C)c2)(c2cc(C(C)(C)C)cc(C(C)(C)C)c2)C2(C)C(C)=C(C)C(C)=[C]2[Ti+3])cc1.[Cl-].[Cl-].[Cl-]. The van der Waals surface area contributed by atoms with Crippen LogP contribution >= 0.6 is 0 Å². The van der Waals surface area contributed by atoms with E-state index in [1.807, 2.05) is 0 Å². The fraction of sp³-hybridized carbons (Fsp3) is 0.463. The van der Waals surface area contributed by atoms with E-state index in [1.165, 1.54) is 62.2 Å². The van der Waals surface area contributed by atoms with Crippen molar-refractivity contribution in [1.82, 2.24) is 0 Å². The van der Waals surface area contributed by atoms with Crippen molar-refractivity contribution >= 4 is 23.6 Å². The van der Waals surface area contributed by atoms with E-state index in [9.17, 15) is 0 Å². The Hall–Kier alpha value is -1.06. The van der Waals surface area contributed by atoms with Crippen molar-refractivity contribution < 1.29 is 57.7 Å². The fourth-order valence-corrected chi connectivity index (χ4v) is 15.3. The van der Waals surface area contributed by atoms with Gasteiger partial charge in [0.1, 0.15) is 0 Å². The van der Waals surface area contributed by atoms with Gasteiger partial charge in [-0.15, -0.1) is 0 Å². The molecule has 0 saturated heterocycles. The van der Waals surface area contributed by atoms with E-state index >= 15 is 0 Å². The van der Waals surface area contributed by atoms with Gasteiger partial charge in [-0.3, -0.25) is 0 Å². The summed E-state index contributed by atoms with van der Waals surface area (Å²) in [5.41, 5.74) is 11.6. The van der Waals surface area contributed by atoms with Crippen LogP contribution in [-0.4, -0.2) is 8.07 Å². The minimum atomic E-state index is -2.78. The summed E-state index contributed by atoms with van der Waals surface area (Å²) >= 11 is 2.44. The third-order valence-electron chi connectivity index (χ3n) is 10.5. The number of allylic oxidation sites excluding steroid dienone is 4. The molecule has 0 fully saturated rings. The number of rotatable bonds is 7. The number of unbranched alkanes of at least 4 members (excludes halogenated alkanes) is 1. The molecule has 0 bridgehead atoms. The van der Waals surface area contributed by atoms with E-state index < -0.39 is 8.07 Å². The van der Waals surface area contributed by atoms with Gasteiger partial charge in [-0.05, 0) is 0 Å². The van der Waals surface area contributed by atoms with Gasteiger partial charge in [0.2, 0.25) is 0 Å². The van der Waals surface area contributed by atoms with E-state index in [0.717, 1.165) is 6.42 Å². The van der Waals surface area contributed by atoms with Gasteiger partial charge in [0.25, 0.3) is 0 Å². The van der Waals surface area contributed by atoms with E-state index in [1.54, 1.807) is 14.6 Å². The van der Waals surface area contributed by atoms with E-state index in [0.29, 0.717) is 0 Å². The molecule has 0 saturated carbocycles. The van der Waals surface area contributed by atoms with Crippen molar-refractivity contribution in [1.29, 1.82) is 0 Å². The van der Waals surface area contributed by atoms with Gasteiger partial charge in [0.15, 0.2) is 0 Å². The van der Waals surface area contributed by atoms with Crippen LogP contribution in [0.4, 0.5) is 0 Å². The summed E-state index contributed by atoms with van der Waals surface area (Å²) in [6.07, 6.45) is 3.61. The molecule has 1 aliphatic rings. The molecule has 3 aromatic rings. The Morgan fingerprint density at radius 3 is 1.48 bits per heavy atom. The summed E-state index contributed by atoms with van der Waals surface area (Å²) in [6.45, 7) is 30.9. The first-order valence-electron chi connectivity index (χ1n) is 16.3. The van der Waals surface area contributed by atoms with Gasteiger partial charge >= 0.3 is 278 Å². The number of aryl methyl sites for hydroxylation is 3. The topological polar surface area (TPSA) is 0 Å². The van der Waals surface area contributed by atoms with Gasteiger partial charge in [0.05, 0.1) is 0 Å². The van der Waals surface area contributed by atoms with Crippen LogP contribution < -0.4 is 52.8 Å². The zero-order valence-electron chi connectivity index (χ0n) is 30.5. The van der Waals surface area contributed by atoms with Gasteiger partial charge in [-0.25, -0.2) is 0 Å². The molecule has 248 valence electrons. The fourth-order valence-electron chi connectivity index (χ4n) is 7.44. The first-order valence-corrected chi connectivity index (χ1v) is 19.1. The minimum absolute atomic E-state index is 0. The van der Waals surface area contributed by atoms with E-state index in [2.05, 4.69) is 171 Å².